The topological polar surface area (TPSA) is 46.5 Å². The number of carboxylic acids is 1. The SMILES string of the molecule is C#CCOc1c(Br)cc(F)cc1C(=O)O. The van der Waals surface area contributed by atoms with E-state index in [9.17, 15) is 9.18 Å². The average Bonchev–Trinajstić information content (AvgIpc) is 2.15. The Morgan fingerprint density at radius 2 is 2.33 bits per heavy atom. The smallest absolute Gasteiger partial charge is 0.339 e. The van der Waals surface area contributed by atoms with Crippen molar-refractivity contribution in [1.82, 2.24) is 0 Å². The van der Waals surface area contributed by atoms with Crippen molar-refractivity contribution in [3.8, 4) is 18.1 Å². The van der Waals surface area contributed by atoms with E-state index < -0.39 is 11.8 Å². The Morgan fingerprint density at radius 3 is 2.87 bits per heavy atom. The molecule has 15 heavy (non-hydrogen) atoms. The minimum Gasteiger partial charge on any atom is -0.479 e. The Morgan fingerprint density at radius 1 is 1.67 bits per heavy atom. The van der Waals surface area contributed by atoms with Crippen LogP contribution in [0, 0.1) is 18.2 Å². The van der Waals surface area contributed by atoms with Gasteiger partial charge in [-0.25, -0.2) is 9.18 Å². The summed E-state index contributed by atoms with van der Waals surface area (Å²) in [7, 11) is 0. The molecule has 0 aliphatic heterocycles. The van der Waals surface area contributed by atoms with E-state index in [1.54, 1.807) is 0 Å². The molecule has 0 aliphatic rings. The number of aromatic carboxylic acids is 1. The number of halogens is 2. The summed E-state index contributed by atoms with van der Waals surface area (Å²) in [5, 5.41) is 8.79. The van der Waals surface area contributed by atoms with Crippen LogP contribution in [-0.2, 0) is 0 Å². The van der Waals surface area contributed by atoms with E-state index in [-0.39, 0.29) is 22.4 Å². The minimum atomic E-state index is -1.28. The molecule has 0 radical (unpaired) electrons. The van der Waals surface area contributed by atoms with Gasteiger partial charge in [0.05, 0.1) is 4.47 Å². The highest BCUT2D eigenvalue weighted by atomic mass is 79.9. The Bertz CT molecular complexity index is 437. The van der Waals surface area contributed by atoms with E-state index in [0.29, 0.717) is 0 Å². The normalized spacial score (nSPS) is 9.40. The summed E-state index contributed by atoms with van der Waals surface area (Å²) in [5.74, 6) is 0.288. The first-order valence-electron chi connectivity index (χ1n) is 3.85. The molecule has 3 nitrogen and oxygen atoms in total. The summed E-state index contributed by atoms with van der Waals surface area (Å²) < 4.78 is 18.1. The van der Waals surface area contributed by atoms with E-state index in [2.05, 4.69) is 21.9 Å². The van der Waals surface area contributed by atoms with Crippen molar-refractivity contribution in [2.45, 2.75) is 0 Å². The largest absolute Gasteiger partial charge is 0.479 e. The van der Waals surface area contributed by atoms with Crippen LogP contribution >= 0.6 is 15.9 Å². The van der Waals surface area contributed by atoms with Gasteiger partial charge in [-0.2, -0.15) is 0 Å². The molecule has 1 N–H and O–H groups in total. The standard InChI is InChI=1S/C10H6BrFO3/c1-2-3-15-9-7(10(13)14)4-6(12)5-8(9)11/h1,4-5H,3H2,(H,13,14). The highest BCUT2D eigenvalue weighted by Crippen LogP contribution is 2.30. The molecule has 0 fully saturated rings. The van der Waals surface area contributed by atoms with Crippen LogP contribution in [0.25, 0.3) is 0 Å². The van der Waals surface area contributed by atoms with Crippen molar-refractivity contribution in [1.29, 1.82) is 0 Å². The third-order valence-corrected chi connectivity index (χ3v) is 2.13. The quantitative estimate of drug-likeness (QED) is 0.859. The molecule has 1 aromatic rings. The molecule has 0 atom stereocenters. The Kier molecular flexibility index (Phi) is 3.69. The second-order valence-corrected chi connectivity index (χ2v) is 3.42. The molecule has 0 unspecified atom stereocenters. The van der Waals surface area contributed by atoms with Gasteiger partial charge in [-0.05, 0) is 28.1 Å². The van der Waals surface area contributed by atoms with Crippen molar-refractivity contribution in [3.05, 3.63) is 28.0 Å². The lowest BCUT2D eigenvalue weighted by atomic mass is 10.2. The van der Waals surface area contributed by atoms with Crippen molar-refractivity contribution in [2.75, 3.05) is 6.61 Å². The first-order valence-corrected chi connectivity index (χ1v) is 4.64. The fourth-order valence-corrected chi connectivity index (χ4v) is 1.53. The van der Waals surface area contributed by atoms with Gasteiger partial charge in [0.25, 0.3) is 0 Å². The van der Waals surface area contributed by atoms with Crippen LogP contribution in [0.15, 0.2) is 16.6 Å². The molecule has 0 aliphatic carbocycles. The fourth-order valence-electron chi connectivity index (χ4n) is 0.980. The lowest BCUT2D eigenvalue weighted by Gasteiger charge is -2.08. The second-order valence-electron chi connectivity index (χ2n) is 2.56. The van der Waals surface area contributed by atoms with Crippen molar-refractivity contribution < 1.29 is 19.0 Å². The van der Waals surface area contributed by atoms with E-state index in [1.807, 2.05) is 0 Å². The Hall–Kier alpha value is -1.54. The molecule has 1 rings (SSSR count). The van der Waals surface area contributed by atoms with Crippen LogP contribution < -0.4 is 4.74 Å². The summed E-state index contributed by atoms with van der Waals surface area (Å²) >= 11 is 3.00. The molecule has 0 saturated carbocycles. The van der Waals surface area contributed by atoms with E-state index >= 15 is 0 Å². The van der Waals surface area contributed by atoms with Gasteiger partial charge in [-0.15, -0.1) is 6.42 Å². The molecule has 0 spiro atoms. The summed E-state index contributed by atoms with van der Waals surface area (Å²) in [6.07, 6.45) is 4.97. The lowest BCUT2D eigenvalue weighted by Crippen LogP contribution is -2.05. The molecule has 78 valence electrons. The zero-order chi connectivity index (χ0) is 11.4. The predicted molar refractivity (Wildman–Crippen MR) is 55.4 cm³/mol. The van der Waals surface area contributed by atoms with Crippen LogP contribution in [0.5, 0.6) is 5.75 Å². The fraction of sp³-hybridized carbons (Fsp3) is 0.100. The van der Waals surface area contributed by atoms with Crippen LogP contribution in [0.3, 0.4) is 0 Å². The highest BCUT2D eigenvalue weighted by Gasteiger charge is 2.16. The molecule has 5 heteroatoms. The van der Waals surface area contributed by atoms with Crippen molar-refractivity contribution in [3.63, 3.8) is 0 Å². The van der Waals surface area contributed by atoms with E-state index in [1.165, 1.54) is 0 Å². The van der Waals surface area contributed by atoms with E-state index in [0.717, 1.165) is 12.1 Å². The number of hydrogen-bond acceptors (Lipinski definition) is 2. The molecule has 1 aromatic carbocycles. The monoisotopic (exact) mass is 272 g/mol. The zero-order valence-electron chi connectivity index (χ0n) is 7.46. The number of ether oxygens (including phenoxy) is 1. The van der Waals surface area contributed by atoms with Crippen LogP contribution in [0.2, 0.25) is 0 Å². The van der Waals surface area contributed by atoms with Crippen LogP contribution in [0.4, 0.5) is 4.39 Å². The maximum Gasteiger partial charge on any atom is 0.339 e. The summed E-state index contributed by atoms with van der Waals surface area (Å²) in [4.78, 5) is 10.8. The number of rotatable bonds is 3. The predicted octanol–water partition coefficient (Wildman–Crippen LogP) is 2.30. The molecule has 0 heterocycles. The molecular weight excluding hydrogens is 267 g/mol. The number of terminal acetylenes is 1. The number of benzene rings is 1. The van der Waals surface area contributed by atoms with Gasteiger partial charge in [0, 0.05) is 0 Å². The second kappa shape index (κ2) is 4.80. The average molecular weight is 273 g/mol. The van der Waals surface area contributed by atoms with Gasteiger partial charge in [0.15, 0.2) is 0 Å². The number of carbonyl (C=O) groups is 1. The molecular formula is C10H6BrFO3. The summed E-state index contributed by atoms with van der Waals surface area (Å²) in [5.41, 5.74) is -0.267. The van der Waals surface area contributed by atoms with E-state index in [4.69, 9.17) is 16.3 Å². The lowest BCUT2D eigenvalue weighted by molar-refractivity contribution is 0.0692. The molecule has 0 bridgehead atoms. The van der Waals surface area contributed by atoms with Gasteiger partial charge in [0.2, 0.25) is 0 Å². The highest BCUT2D eigenvalue weighted by molar-refractivity contribution is 9.10. The summed E-state index contributed by atoms with van der Waals surface area (Å²) in [6, 6.07) is 1.98. The van der Waals surface area contributed by atoms with Gasteiger partial charge in [-0.1, -0.05) is 5.92 Å². The minimum absolute atomic E-state index is 0.0295. The number of carboxylic acid groups (broad SMARTS) is 1. The van der Waals surface area contributed by atoms with Crippen molar-refractivity contribution in [2.24, 2.45) is 0 Å². The van der Waals surface area contributed by atoms with Gasteiger partial charge >= 0.3 is 5.97 Å². The van der Waals surface area contributed by atoms with Gasteiger partial charge in [0.1, 0.15) is 23.7 Å². The van der Waals surface area contributed by atoms with Gasteiger partial charge in [-0.3, -0.25) is 0 Å². The number of hydrogen-bond donors (Lipinski definition) is 1. The first kappa shape index (κ1) is 11.5. The third-order valence-electron chi connectivity index (χ3n) is 1.54. The first-order chi connectivity index (χ1) is 7.06. The van der Waals surface area contributed by atoms with Crippen LogP contribution in [-0.4, -0.2) is 17.7 Å². The molecule has 0 amide bonds. The zero-order valence-corrected chi connectivity index (χ0v) is 9.04. The molecule has 0 aromatic heterocycles. The third kappa shape index (κ3) is 2.70. The Balaban J connectivity index is 3.22. The van der Waals surface area contributed by atoms with Crippen LogP contribution in [0.1, 0.15) is 10.4 Å². The van der Waals surface area contributed by atoms with Gasteiger partial charge < -0.3 is 9.84 Å². The van der Waals surface area contributed by atoms with Crippen molar-refractivity contribution >= 4 is 21.9 Å². The maximum absolute atomic E-state index is 12.9. The molecule has 0 saturated heterocycles. The Labute approximate surface area is 94.0 Å². The maximum atomic E-state index is 12.9. The summed E-state index contributed by atoms with van der Waals surface area (Å²) in [6.45, 7) is -0.0789.